The molecule has 0 aliphatic rings. The van der Waals surface area contributed by atoms with Crippen molar-refractivity contribution in [1.29, 1.82) is 5.26 Å². The number of methoxy groups -OCH3 is 1. The lowest BCUT2D eigenvalue weighted by atomic mass is 10.1. The summed E-state index contributed by atoms with van der Waals surface area (Å²) in [6, 6.07) is 11.0. The SMILES string of the molecule is COc1cc(/C=C(\C#N)C(=O)OC(C)C)ccc1OCc1cccs1. The Kier molecular flexibility index (Phi) is 6.61. The molecule has 0 bridgehead atoms. The molecule has 0 aliphatic heterocycles. The fourth-order valence-electron chi connectivity index (χ4n) is 2.02. The summed E-state index contributed by atoms with van der Waals surface area (Å²) in [6.45, 7) is 3.92. The van der Waals surface area contributed by atoms with Crippen LogP contribution in [0.5, 0.6) is 11.5 Å². The van der Waals surface area contributed by atoms with Crippen LogP contribution in [-0.2, 0) is 16.1 Å². The smallest absolute Gasteiger partial charge is 0.349 e. The minimum Gasteiger partial charge on any atom is -0.493 e. The van der Waals surface area contributed by atoms with Gasteiger partial charge in [-0.1, -0.05) is 12.1 Å². The summed E-state index contributed by atoms with van der Waals surface area (Å²) in [5.41, 5.74) is 0.584. The van der Waals surface area contributed by atoms with Crippen molar-refractivity contribution in [2.45, 2.75) is 26.6 Å². The summed E-state index contributed by atoms with van der Waals surface area (Å²) < 4.78 is 16.2. The molecule has 0 saturated heterocycles. The fourth-order valence-corrected chi connectivity index (χ4v) is 2.63. The number of hydrogen-bond acceptors (Lipinski definition) is 6. The van der Waals surface area contributed by atoms with Gasteiger partial charge in [0.2, 0.25) is 0 Å². The molecular formula is C19H19NO4S. The first-order valence-electron chi connectivity index (χ1n) is 7.69. The molecular weight excluding hydrogens is 338 g/mol. The minimum atomic E-state index is -0.644. The van der Waals surface area contributed by atoms with Gasteiger partial charge in [0.25, 0.3) is 0 Å². The number of carbonyl (C=O) groups excluding carboxylic acids is 1. The van der Waals surface area contributed by atoms with Gasteiger partial charge < -0.3 is 14.2 Å². The van der Waals surface area contributed by atoms with Gasteiger partial charge in [0.1, 0.15) is 18.2 Å². The van der Waals surface area contributed by atoms with E-state index in [2.05, 4.69) is 0 Å². The summed E-state index contributed by atoms with van der Waals surface area (Å²) >= 11 is 1.62. The van der Waals surface area contributed by atoms with E-state index in [4.69, 9.17) is 19.5 Å². The number of thiophene rings is 1. The van der Waals surface area contributed by atoms with Gasteiger partial charge in [0, 0.05) is 4.88 Å². The van der Waals surface area contributed by atoms with Crippen LogP contribution in [0.2, 0.25) is 0 Å². The molecule has 0 radical (unpaired) electrons. The zero-order valence-corrected chi connectivity index (χ0v) is 15.1. The molecule has 5 nitrogen and oxygen atoms in total. The molecule has 6 heteroatoms. The number of esters is 1. The van der Waals surface area contributed by atoms with Crippen molar-refractivity contribution in [3.05, 3.63) is 51.7 Å². The van der Waals surface area contributed by atoms with Gasteiger partial charge in [0.15, 0.2) is 11.5 Å². The van der Waals surface area contributed by atoms with Crippen molar-refractivity contribution in [1.82, 2.24) is 0 Å². The molecule has 0 N–H and O–H groups in total. The lowest BCUT2D eigenvalue weighted by Crippen LogP contribution is -2.12. The molecule has 0 unspecified atom stereocenters. The van der Waals surface area contributed by atoms with Crippen LogP contribution in [0.3, 0.4) is 0 Å². The van der Waals surface area contributed by atoms with Crippen LogP contribution in [0, 0.1) is 11.3 Å². The average Bonchev–Trinajstić information content (AvgIpc) is 3.11. The quantitative estimate of drug-likeness (QED) is 0.422. The average molecular weight is 357 g/mol. The third-order valence-corrected chi connectivity index (χ3v) is 3.98. The van der Waals surface area contributed by atoms with Gasteiger partial charge in [-0.3, -0.25) is 0 Å². The van der Waals surface area contributed by atoms with Crippen molar-refractivity contribution >= 4 is 23.4 Å². The summed E-state index contributed by atoms with van der Waals surface area (Å²) in [5, 5.41) is 11.2. The van der Waals surface area contributed by atoms with Gasteiger partial charge in [-0.15, -0.1) is 11.3 Å². The Balaban J connectivity index is 2.18. The van der Waals surface area contributed by atoms with Gasteiger partial charge in [-0.25, -0.2) is 4.79 Å². The first kappa shape index (κ1) is 18.6. The second kappa shape index (κ2) is 8.90. The number of carbonyl (C=O) groups is 1. The second-order valence-electron chi connectivity index (χ2n) is 5.40. The standard InChI is InChI=1S/C19H19NO4S/c1-13(2)24-19(21)15(11-20)9-14-6-7-17(18(10-14)22-3)23-12-16-5-4-8-25-16/h4-10,13H,12H2,1-3H3/b15-9+. The van der Waals surface area contributed by atoms with Crippen LogP contribution in [-0.4, -0.2) is 19.2 Å². The first-order chi connectivity index (χ1) is 12.0. The highest BCUT2D eigenvalue weighted by Gasteiger charge is 2.13. The lowest BCUT2D eigenvalue weighted by Gasteiger charge is -2.11. The van der Waals surface area contributed by atoms with E-state index in [0.29, 0.717) is 23.7 Å². The molecule has 2 rings (SSSR count). The van der Waals surface area contributed by atoms with E-state index >= 15 is 0 Å². The van der Waals surface area contributed by atoms with Crippen LogP contribution in [0.25, 0.3) is 6.08 Å². The molecule has 2 aromatic rings. The van der Waals surface area contributed by atoms with E-state index in [-0.39, 0.29) is 11.7 Å². The Morgan fingerprint density at radius 3 is 2.72 bits per heavy atom. The van der Waals surface area contributed by atoms with Crippen molar-refractivity contribution in [2.75, 3.05) is 7.11 Å². The zero-order valence-electron chi connectivity index (χ0n) is 14.3. The van der Waals surface area contributed by atoms with Crippen LogP contribution in [0.15, 0.2) is 41.3 Å². The summed E-state index contributed by atoms with van der Waals surface area (Å²) in [5.74, 6) is 0.477. The third-order valence-electron chi connectivity index (χ3n) is 3.13. The first-order valence-corrected chi connectivity index (χ1v) is 8.57. The van der Waals surface area contributed by atoms with E-state index in [0.717, 1.165) is 4.88 Å². The third kappa shape index (κ3) is 5.37. The Bertz CT molecular complexity index is 788. The van der Waals surface area contributed by atoms with E-state index in [1.165, 1.54) is 6.08 Å². The number of nitrogens with zero attached hydrogens (tertiary/aromatic N) is 1. The largest absolute Gasteiger partial charge is 0.493 e. The molecule has 1 aromatic heterocycles. The maximum absolute atomic E-state index is 11.9. The van der Waals surface area contributed by atoms with Gasteiger partial charge in [0.05, 0.1) is 13.2 Å². The number of ether oxygens (including phenoxy) is 3. The van der Waals surface area contributed by atoms with E-state index in [1.54, 1.807) is 50.5 Å². The molecule has 0 atom stereocenters. The highest BCUT2D eigenvalue weighted by Crippen LogP contribution is 2.30. The van der Waals surface area contributed by atoms with Crippen LogP contribution in [0.4, 0.5) is 0 Å². The highest BCUT2D eigenvalue weighted by atomic mass is 32.1. The molecule has 1 aromatic carbocycles. The van der Waals surface area contributed by atoms with Gasteiger partial charge >= 0.3 is 5.97 Å². The second-order valence-corrected chi connectivity index (χ2v) is 6.43. The highest BCUT2D eigenvalue weighted by molar-refractivity contribution is 7.09. The van der Waals surface area contributed by atoms with Crippen molar-refractivity contribution < 1.29 is 19.0 Å². The summed E-state index contributed by atoms with van der Waals surface area (Å²) in [6.07, 6.45) is 1.18. The van der Waals surface area contributed by atoms with E-state index in [1.807, 2.05) is 23.6 Å². The predicted octanol–water partition coefficient (Wildman–Crippen LogP) is 4.19. The number of rotatable bonds is 7. The molecule has 130 valence electrons. The van der Waals surface area contributed by atoms with Crippen LogP contribution < -0.4 is 9.47 Å². The Labute approximate surface area is 151 Å². The maximum Gasteiger partial charge on any atom is 0.349 e. The van der Waals surface area contributed by atoms with Gasteiger partial charge in [-0.05, 0) is 49.1 Å². The normalized spacial score (nSPS) is 11.1. The molecule has 0 saturated carbocycles. The molecule has 0 spiro atoms. The summed E-state index contributed by atoms with van der Waals surface area (Å²) in [4.78, 5) is 13.0. The van der Waals surface area contributed by atoms with Gasteiger partial charge in [-0.2, -0.15) is 5.26 Å². The topological polar surface area (TPSA) is 68.5 Å². The van der Waals surface area contributed by atoms with Crippen molar-refractivity contribution in [3.63, 3.8) is 0 Å². The zero-order chi connectivity index (χ0) is 18.2. The molecule has 1 heterocycles. The minimum absolute atomic E-state index is 0.0667. The molecule has 0 fully saturated rings. The number of hydrogen-bond donors (Lipinski definition) is 0. The molecule has 0 aliphatic carbocycles. The Hall–Kier alpha value is -2.78. The van der Waals surface area contributed by atoms with E-state index < -0.39 is 5.97 Å². The molecule has 0 amide bonds. The summed E-state index contributed by atoms with van der Waals surface area (Å²) in [7, 11) is 1.54. The number of benzene rings is 1. The Morgan fingerprint density at radius 2 is 2.12 bits per heavy atom. The fraction of sp³-hybridized carbons (Fsp3) is 0.263. The predicted molar refractivity (Wildman–Crippen MR) is 96.5 cm³/mol. The van der Waals surface area contributed by atoms with E-state index in [9.17, 15) is 4.79 Å². The van der Waals surface area contributed by atoms with Crippen LogP contribution in [0.1, 0.15) is 24.3 Å². The van der Waals surface area contributed by atoms with Crippen molar-refractivity contribution in [2.24, 2.45) is 0 Å². The molecule has 25 heavy (non-hydrogen) atoms. The number of nitriles is 1. The monoisotopic (exact) mass is 357 g/mol. The Morgan fingerprint density at radius 1 is 1.32 bits per heavy atom. The van der Waals surface area contributed by atoms with Crippen LogP contribution >= 0.6 is 11.3 Å². The van der Waals surface area contributed by atoms with Crippen molar-refractivity contribution in [3.8, 4) is 17.6 Å². The maximum atomic E-state index is 11.9. The lowest BCUT2D eigenvalue weighted by molar-refractivity contribution is -0.142.